The van der Waals surface area contributed by atoms with E-state index < -0.39 is 6.10 Å². The minimum atomic E-state index is -0.881. The molecule has 3 atom stereocenters. The van der Waals surface area contributed by atoms with Crippen molar-refractivity contribution in [3.63, 3.8) is 0 Å². The Morgan fingerprint density at radius 2 is 2.06 bits per heavy atom. The first-order valence-corrected chi connectivity index (χ1v) is 12.2. The average Bonchev–Trinajstić information content (AvgIpc) is 3.06. The van der Waals surface area contributed by atoms with Gasteiger partial charge in [-0.2, -0.15) is 0 Å². The Morgan fingerprint density at radius 1 is 1.32 bits per heavy atom. The van der Waals surface area contributed by atoms with E-state index in [2.05, 4.69) is 39.8 Å². The van der Waals surface area contributed by atoms with E-state index in [1.54, 1.807) is 11.3 Å². The molecule has 0 unspecified atom stereocenters. The number of ether oxygens (including phenoxy) is 1. The molecule has 0 radical (unpaired) electrons. The molecule has 2 N–H and O–H groups in total. The van der Waals surface area contributed by atoms with Crippen molar-refractivity contribution in [1.29, 1.82) is 0 Å². The van der Waals surface area contributed by atoms with E-state index in [1.165, 1.54) is 16.0 Å². The molecule has 1 aromatic heterocycles. The van der Waals surface area contributed by atoms with Crippen LogP contribution in [-0.2, 0) is 19.3 Å². The Morgan fingerprint density at radius 3 is 2.74 bits per heavy atom. The zero-order valence-electron chi connectivity index (χ0n) is 19.2. The molecular weight excluding hydrogens is 408 g/mol. The summed E-state index contributed by atoms with van der Waals surface area (Å²) < 4.78 is 5.77. The lowest BCUT2D eigenvalue weighted by molar-refractivity contribution is 0.0531. The highest BCUT2D eigenvalue weighted by molar-refractivity contribution is 7.14. The molecule has 5 heteroatoms. The normalized spacial score (nSPS) is 21.5. The van der Waals surface area contributed by atoms with Gasteiger partial charge in [-0.1, -0.05) is 32.9 Å². The first kappa shape index (κ1) is 22.5. The molecule has 4 rings (SSSR count). The number of aliphatic hydroxyl groups is 2. The van der Waals surface area contributed by atoms with Crippen LogP contribution in [0.25, 0.3) is 0 Å². The number of carbonyl (C=O) groups excluding carboxylic acids is 1. The fraction of sp³-hybridized carbons (Fsp3) is 0.577. The third-order valence-corrected chi connectivity index (χ3v) is 8.54. The van der Waals surface area contributed by atoms with Crippen LogP contribution >= 0.6 is 11.3 Å². The molecule has 0 saturated heterocycles. The van der Waals surface area contributed by atoms with Gasteiger partial charge in [-0.3, -0.25) is 4.79 Å². The van der Waals surface area contributed by atoms with Crippen LogP contribution in [0.4, 0.5) is 0 Å². The fourth-order valence-electron chi connectivity index (χ4n) is 5.50. The third-order valence-electron chi connectivity index (χ3n) is 7.34. The van der Waals surface area contributed by atoms with Crippen LogP contribution in [0.15, 0.2) is 12.1 Å². The highest BCUT2D eigenvalue weighted by Crippen LogP contribution is 2.71. The molecule has 2 aliphatic rings. The van der Waals surface area contributed by atoms with Crippen LogP contribution in [-0.4, -0.2) is 35.3 Å². The Bertz CT molecular complexity index is 1000. The molecule has 2 aromatic rings. The number of hydrogen-bond donors (Lipinski definition) is 2. The fourth-order valence-corrected chi connectivity index (χ4v) is 6.70. The van der Waals surface area contributed by atoms with Gasteiger partial charge in [0, 0.05) is 11.3 Å². The summed E-state index contributed by atoms with van der Waals surface area (Å²) in [5.74, 6) is 2.43. The lowest BCUT2D eigenvalue weighted by Gasteiger charge is -2.17. The number of rotatable bonds is 9. The Hall–Kier alpha value is -1.69. The van der Waals surface area contributed by atoms with Crippen LogP contribution in [0.5, 0.6) is 5.75 Å². The number of aryl methyl sites for hydroxylation is 4. The number of Topliss-reactive ketones (excluding diaryl/α,β-unsaturated/α-hetero) is 1. The molecule has 1 aromatic carbocycles. The number of aliphatic hydroxyl groups excluding tert-OH is 2. The van der Waals surface area contributed by atoms with Gasteiger partial charge in [0.1, 0.15) is 18.5 Å². The monoisotopic (exact) mass is 442 g/mol. The van der Waals surface area contributed by atoms with E-state index in [0.717, 1.165) is 52.5 Å². The SMILES string of the molecule is CCc1cc(CCC(=O)c2sc(C)c3c2C[C@@H]2[C@H]3C2(C)C)cc(C)c1OC[C@H](O)CO. The van der Waals surface area contributed by atoms with E-state index in [1.807, 2.05) is 6.92 Å². The lowest BCUT2D eigenvalue weighted by atomic mass is 9.93. The molecular formula is C26H34O4S. The Balaban J connectivity index is 1.45. The van der Waals surface area contributed by atoms with Crippen LogP contribution < -0.4 is 4.74 Å². The summed E-state index contributed by atoms with van der Waals surface area (Å²) in [5.41, 5.74) is 6.46. The van der Waals surface area contributed by atoms with Gasteiger partial charge in [0.2, 0.25) is 0 Å². The van der Waals surface area contributed by atoms with Crippen LogP contribution in [0, 0.1) is 25.2 Å². The molecule has 0 amide bonds. The summed E-state index contributed by atoms with van der Waals surface area (Å²) in [4.78, 5) is 15.5. The van der Waals surface area contributed by atoms with Gasteiger partial charge >= 0.3 is 0 Å². The first-order chi connectivity index (χ1) is 14.7. The van der Waals surface area contributed by atoms with Crippen molar-refractivity contribution in [3.05, 3.63) is 49.7 Å². The predicted octanol–water partition coefficient (Wildman–Crippen LogP) is 4.77. The average molecular weight is 443 g/mol. The summed E-state index contributed by atoms with van der Waals surface area (Å²) in [6.45, 7) is 10.7. The van der Waals surface area contributed by atoms with E-state index in [0.29, 0.717) is 17.8 Å². The zero-order chi connectivity index (χ0) is 22.5. The topological polar surface area (TPSA) is 66.8 Å². The van der Waals surface area contributed by atoms with Crippen LogP contribution in [0.2, 0.25) is 0 Å². The second-order valence-corrected chi connectivity index (χ2v) is 11.0. The maximum Gasteiger partial charge on any atom is 0.173 e. The van der Waals surface area contributed by atoms with Crippen molar-refractivity contribution in [2.75, 3.05) is 13.2 Å². The number of hydrogen-bond acceptors (Lipinski definition) is 5. The van der Waals surface area contributed by atoms with Gasteiger partial charge in [0.25, 0.3) is 0 Å². The van der Waals surface area contributed by atoms with Gasteiger partial charge < -0.3 is 14.9 Å². The van der Waals surface area contributed by atoms with Gasteiger partial charge in [-0.15, -0.1) is 11.3 Å². The molecule has 0 spiro atoms. The Labute approximate surface area is 189 Å². The van der Waals surface area contributed by atoms with Gasteiger partial charge in [0.05, 0.1) is 11.5 Å². The van der Waals surface area contributed by atoms with E-state index >= 15 is 0 Å². The van der Waals surface area contributed by atoms with Crippen molar-refractivity contribution >= 4 is 17.1 Å². The first-order valence-electron chi connectivity index (χ1n) is 11.4. The van der Waals surface area contributed by atoms with E-state index in [9.17, 15) is 9.90 Å². The summed E-state index contributed by atoms with van der Waals surface area (Å²) in [6, 6.07) is 4.19. The van der Waals surface area contributed by atoms with Crippen LogP contribution in [0.3, 0.4) is 0 Å². The van der Waals surface area contributed by atoms with Crippen LogP contribution in [0.1, 0.15) is 75.5 Å². The predicted molar refractivity (Wildman–Crippen MR) is 125 cm³/mol. The third kappa shape index (κ3) is 3.96. The van der Waals surface area contributed by atoms with Gasteiger partial charge in [-0.05, 0) is 78.2 Å². The number of ketones is 1. The maximum atomic E-state index is 13.1. The van der Waals surface area contributed by atoms with Crippen molar-refractivity contribution in [3.8, 4) is 5.75 Å². The summed E-state index contributed by atoms with van der Waals surface area (Å²) >= 11 is 1.70. The highest BCUT2D eigenvalue weighted by atomic mass is 32.1. The quantitative estimate of drug-likeness (QED) is 0.549. The van der Waals surface area contributed by atoms with E-state index in [4.69, 9.17) is 9.84 Å². The molecule has 4 nitrogen and oxygen atoms in total. The van der Waals surface area contributed by atoms with Crippen molar-refractivity contribution in [2.45, 2.75) is 72.3 Å². The molecule has 1 saturated carbocycles. The lowest BCUT2D eigenvalue weighted by Crippen LogP contribution is -2.22. The van der Waals surface area contributed by atoms with Crippen molar-refractivity contribution < 1.29 is 19.7 Å². The van der Waals surface area contributed by atoms with Crippen molar-refractivity contribution in [2.24, 2.45) is 11.3 Å². The molecule has 1 fully saturated rings. The molecule has 1 heterocycles. The standard InChI is InChI=1S/C26H34O4S/c1-6-17-10-16(9-14(2)24(17)30-13-18(28)12-27)7-8-21(29)25-19-11-20-23(26(20,4)5)22(19)15(3)31-25/h9-10,18,20,23,27-28H,6-8,11-13H2,1-5H3/t18-,20-,23-/m1/s1. The summed E-state index contributed by atoms with van der Waals surface area (Å²) in [6.07, 6.45) is 2.24. The Kier molecular flexibility index (Phi) is 6.06. The number of thiophene rings is 1. The minimum absolute atomic E-state index is 0.0732. The van der Waals surface area contributed by atoms with Crippen molar-refractivity contribution in [1.82, 2.24) is 0 Å². The molecule has 2 aliphatic carbocycles. The highest BCUT2D eigenvalue weighted by Gasteiger charge is 2.63. The molecule has 0 bridgehead atoms. The molecule has 168 valence electrons. The zero-order valence-corrected chi connectivity index (χ0v) is 20.1. The smallest absolute Gasteiger partial charge is 0.173 e. The van der Waals surface area contributed by atoms with Gasteiger partial charge in [-0.25, -0.2) is 0 Å². The number of fused-ring (bicyclic) bond motifs is 3. The second kappa shape index (κ2) is 8.34. The maximum absolute atomic E-state index is 13.1. The second-order valence-electron chi connectivity index (χ2n) is 9.81. The van der Waals surface area contributed by atoms with Gasteiger partial charge in [0.15, 0.2) is 5.78 Å². The summed E-state index contributed by atoms with van der Waals surface area (Å²) in [5, 5.41) is 18.6. The molecule has 31 heavy (non-hydrogen) atoms. The molecule has 0 aliphatic heterocycles. The number of carbonyl (C=O) groups is 1. The number of benzene rings is 1. The largest absolute Gasteiger partial charge is 0.490 e. The summed E-state index contributed by atoms with van der Waals surface area (Å²) in [7, 11) is 0. The minimum Gasteiger partial charge on any atom is -0.490 e. The van der Waals surface area contributed by atoms with E-state index in [-0.39, 0.29) is 19.0 Å².